The summed E-state index contributed by atoms with van der Waals surface area (Å²) in [5.41, 5.74) is 3.82. The average Bonchev–Trinajstić information content (AvgIpc) is 3.42. The van der Waals surface area contributed by atoms with Crippen LogP contribution in [0.1, 0.15) is 67.6 Å². The highest BCUT2D eigenvalue weighted by Gasteiger charge is 2.65. The zero-order valence-electron chi connectivity index (χ0n) is 41.7. The summed E-state index contributed by atoms with van der Waals surface area (Å²) in [4.78, 5) is 33.6. The Labute approximate surface area is 431 Å². The minimum atomic E-state index is -1.60. The Morgan fingerprint density at radius 1 is 0.797 bits per heavy atom. The van der Waals surface area contributed by atoms with Crippen LogP contribution in [0.25, 0.3) is 10.8 Å². The number of fused-ring (bicyclic) bond motifs is 3. The van der Waals surface area contributed by atoms with Crippen molar-refractivity contribution in [3.63, 3.8) is 0 Å². The first-order valence-electron chi connectivity index (χ1n) is 25.6. The first kappa shape index (κ1) is 53.6. The molecule has 74 heavy (non-hydrogen) atoms. The van der Waals surface area contributed by atoms with Crippen molar-refractivity contribution in [2.24, 2.45) is 22.9 Å². The number of aliphatic hydroxyl groups is 3. The number of benzene rings is 5. The lowest BCUT2D eigenvalue weighted by Crippen LogP contribution is -2.70. The maximum atomic E-state index is 14.9. The Morgan fingerprint density at radius 3 is 2.28 bits per heavy atom. The summed E-state index contributed by atoms with van der Waals surface area (Å²) in [5, 5.41) is 48.3. The lowest BCUT2D eigenvalue weighted by Gasteiger charge is -2.59. The molecular formula is C58H67N3O13. The number of hydrogen-bond donors (Lipinski definition) is 3. The highest BCUT2D eigenvalue weighted by Crippen LogP contribution is 2.62. The number of hydrogen-bond acceptors (Lipinski definition) is 14. The summed E-state index contributed by atoms with van der Waals surface area (Å²) in [6, 6.07) is 34.7. The predicted molar refractivity (Wildman–Crippen MR) is 279 cm³/mol. The molecule has 1 amide bonds. The quantitative estimate of drug-likeness (QED) is 0.0185. The Hall–Kier alpha value is -6.66. The van der Waals surface area contributed by atoms with Gasteiger partial charge < -0.3 is 48.6 Å². The molecule has 1 saturated carbocycles. The molecule has 0 bridgehead atoms. The van der Waals surface area contributed by atoms with Crippen molar-refractivity contribution >= 4 is 28.3 Å². The summed E-state index contributed by atoms with van der Waals surface area (Å²) >= 11 is 0. The van der Waals surface area contributed by atoms with Gasteiger partial charge in [0.05, 0.1) is 56.2 Å². The zero-order chi connectivity index (χ0) is 51.7. The molecule has 16 nitrogen and oxygen atoms in total. The van der Waals surface area contributed by atoms with E-state index in [9.17, 15) is 30.2 Å². The average molecular weight is 1010 g/mol. The van der Waals surface area contributed by atoms with Gasteiger partial charge >= 0.3 is 6.09 Å². The molecule has 0 saturated heterocycles. The Bertz CT molecular complexity index is 2700. The van der Waals surface area contributed by atoms with Crippen LogP contribution >= 0.6 is 0 Å². The maximum Gasteiger partial charge on any atom is 0.410 e. The fourth-order valence-corrected chi connectivity index (χ4v) is 10.7. The number of nitrogens with zero attached hydrogens (tertiary/aromatic N) is 3. The largest absolute Gasteiger partial charge is 0.459 e. The van der Waals surface area contributed by atoms with Crippen molar-refractivity contribution < 1.29 is 58.3 Å². The number of ether oxygens (including phenoxy) is 6. The number of rotatable bonds is 28. The normalized spacial score (nSPS) is 21.2. The Balaban J connectivity index is 1.25. The summed E-state index contributed by atoms with van der Waals surface area (Å²) in [5.74, 6) is -0.877. The molecule has 5 aromatic carbocycles. The molecule has 0 spiro atoms. The van der Waals surface area contributed by atoms with E-state index in [1.807, 2.05) is 84.9 Å². The molecule has 16 heteroatoms. The van der Waals surface area contributed by atoms with E-state index < -0.39 is 28.8 Å². The van der Waals surface area contributed by atoms with Gasteiger partial charge in [-0.25, -0.2) is 4.79 Å². The third kappa shape index (κ3) is 13.0. The van der Waals surface area contributed by atoms with Gasteiger partial charge in [0.1, 0.15) is 36.5 Å². The van der Waals surface area contributed by atoms with Gasteiger partial charge in [0.25, 0.3) is 5.69 Å². The van der Waals surface area contributed by atoms with E-state index in [0.29, 0.717) is 48.0 Å². The third-order valence-electron chi connectivity index (χ3n) is 14.0. The van der Waals surface area contributed by atoms with Crippen LogP contribution in [0, 0.1) is 27.9 Å². The fraction of sp³-hybridized carbons (Fsp3) is 0.414. The van der Waals surface area contributed by atoms with Crippen LogP contribution in [0.2, 0.25) is 0 Å². The smallest absolute Gasteiger partial charge is 0.410 e. The van der Waals surface area contributed by atoms with E-state index in [4.69, 9.17) is 38.4 Å². The number of nitro benzene ring substituents is 1. The zero-order valence-corrected chi connectivity index (χ0v) is 41.7. The summed E-state index contributed by atoms with van der Waals surface area (Å²) in [7, 11) is 0. The molecule has 3 aliphatic rings. The van der Waals surface area contributed by atoms with Crippen LogP contribution in [0.3, 0.4) is 0 Å². The molecule has 1 heterocycles. The van der Waals surface area contributed by atoms with Crippen LogP contribution in [0.15, 0.2) is 145 Å². The van der Waals surface area contributed by atoms with E-state index in [2.05, 4.69) is 18.7 Å². The van der Waals surface area contributed by atoms with Gasteiger partial charge in [0.15, 0.2) is 0 Å². The van der Waals surface area contributed by atoms with Gasteiger partial charge in [0, 0.05) is 49.8 Å². The van der Waals surface area contributed by atoms with Crippen LogP contribution in [-0.2, 0) is 37.0 Å². The van der Waals surface area contributed by atoms with Crippen LogP contribution in [-0.4, -0.2) is 108 Å². The first-order chi connectivity index (χ1) is 36.3. The first-order valence-corrected chi connectivity index (χ1v) is 25.6. The van der Waals surface area contributed by atoms with Crippen LogP contribution in [0.4, 0.5) is 10.5 Å². The van der Waals surface area contributed by atoms with E-state index in [1.54, 1.807) is 23.1 Å². The molecule has 1 aliphatic heterocycles. The topological polar surface area (TPSA) is 201 Å². The van der Waals surface area contributed by atoms with E-state index in [0.717, 1.165) is 53.2 Å². The van der Waals surface area contributed by atoms with Crippen LogP contribution in [0.5, 0.6) is 17.2 Å². The number of carbonyl (C=O) groups is 1. The molecule has 6 atom stereocenters. The Kier molecular flexibility index (Phi) is 19.2. The van der Waals surface area contributed by atoms with Crippen molar-refractivity contribution in [2.75, 3.05) is 59.4 Å². The monoisotopic (exact) mass is 1010 g/mol. The molecule has 5 aromatic rings. The molecule has 3 N–H and O–H groups in total. The maximum absolute atomic E-state index is 14.9. The lowest BCUT2D eigenvalue weighted by atomic mass is 9.55. The van der Waals surface area contributed by atoms with Crippen molar-refractivity contribution in [1.29, 1.82) is 0 Å². The number of amides is 1. The second-order valence-corrected chi connectivity index (χ2v) is 18.8. The molecule has 2 aliphatic carbocycles. The number of nitro groups is 1. The SMILES string of the molecule is C=CCOC12Oc3ccc(Oc4ccc5ccccc5c4)cc3C3C(CCCCO)C(CCCCO)C=C(C(=NOCc4ccc([N+](=O)[O-])cc4)CC1N(CCOCCO)C(=O)OCCOCc1ccccc1)C32. The molecule has 6 unspecified atom stereocenters. The van der Waals surface area contributed by atoms with Crippen molar-refractivity contribution in [2.45, 2.75) is 75.9 Å². The van der Waals surface area contributed by atoms with Crippen molar-refractivity contribution in [1.82, 2.24) is 4.90 Å². The summed E-state index contributed by atoms with van der Waals surface area (Å²) < 4.78 is 39.0. The van der Waals surface area contributed by atoms with Gasteiger partial charge in [-0.1, -0.05) is 90.8 Å². The standard InChI is InChI=1S/C58H67N3O13/c1-2-30-71-58-54(60(26-31-68-32-29-64)57(65)70-34-33-69-39-41-12-4-3-5-13-41)38-52(59-72-40-42-18-21-46(22-19-42)61(66)67)50-36-45(16-8-10-27-62)49(17-9-11-28-63)55(56(50)58)51-37-48(24-25-53(51)74-58)73-47-23-20-43-14-6-7-15-44(43)35-47/h2-7,12-15,18-25,35-37,45,49,54-56,62-64H,1,8-11,16-17,26-34,38-40H2. The van der Waals surface area contributed by atoms with E-state index >= 15 is 0 Å². The molecule has 392 valence electrons. The highest BCUT2D eigenvalue weighted by molar-refractivity contribution is 6.03. The number of unbranched alkanes of at least 4 members (excludes halogenated alkanes) is 2. The second kappa shape index (κ2) is 26.5. The van der Waals surface area contributed by atoms with Gasteiger partial charge in [-0.15, -0.1) is 6.58 Å². The van der Waals surface area contributed by atoms with Gasteiger partial charge in [-0.2, -0.15) is 0 Å². The van der Waals surface area contributed by atoms with Crippen LogP contribution < -0.4 is 9.47 Å². The third-order valence-corrected chi connectivity index (χ3v) is 14.0. The molecule has 0 aromatic heterocycles. The number of allylic oxidation sites excluding steroid dienone is 1. The van der Waals surface area contributed by atoms with E-state index in [1.165, 1.54) is 12.1 Å². The van der Waals surface area contributed by atoms with Gasteiger partial charge in [0.2, 0.25) is 5.79 Å². The summed E-state index contributed by atoms with van der Waals surface area (Å²) in [6.07, 6.45) is 7.44. The number of non-ortho nitro benzene ring substituents is 1. The van der Waals surface area contributed by atoms with Gasteiger partial charge in [-0.3, -0.25) is 15.0 Å². The Morgan fingerprint density at radius 2 is 1.53 bits per heavy atom. The molecule has 1 fully saturated rings. The van der Waals surface area contributed by atoms with Crippen molar-refractivity contribution in [3.8, 4) is 17.2 Å². The number of carbonyl (C=O) groups excluding carboxylic acids is 1. The van der Waals surface area contributed by atoms with Crippen molar-refractivity contribution in [3.05, 3.63) is 166 Å². The molecular weight excluding hydrogens is 947 g/mol. The molecule has 0 radical (unpaired) electrons. The van der Waals surface area contributed by atoms with E-state index in [-0.39, 0.29) is 95.9 Å². The number of oxime groups is 1. The number of aliphatic hydroxyl groups excluding tert-OH is 3. The minimum Gasteiger partial charge on any atom is -0.459 e. The summed E-state index contributed by atoms with van der Waals surface area (Å²) in [6.45, 7) is 4.43. The highest BCUT2D eigenvalue weighted by atomic mass is 16.7. The minimum absolute atomic E-state index is 0.00605. The molecule has 8 rings (SSSR count). The van der Waals surface area contributed by atoms with Gasteiger partial charge in [-0.05, 0) is 107 Å². The second-order valence-electron chi connectivity index (χ2n) is 18.8. The fourth-order valence-electron chi connectivity index (χ4n) is 10.7. The lowest BCUT2D eigenvalue weighted by molar-refractivity contribution is -0.384. The predicted octanol–water partition coefficient (Wildman–Crippen LogP) is 10.0.